The molecule has 0 aromatic carbocycles. The third-order valence-electron chi connectivity index (χ3n) is 3.12. The van der Waals surface area contributed by atoms with E-state index in [2.05, 4.69) is 4.98 Å². The maximum Gasteiger partial charge on any atom is 0.182 e. The first-order valence-corrected chi connectivity index (χ1v) is 4.89. The molecule has 0 amide bonds. The fourth-order valence-corrected chi connectivity index (χ4v) is 1.72. The smallest absolute Gasteiger partial charge is 0.182 e. The van der Waals surface area contributed by atoms with Crippen molar-refractivity contribution in [2.75, 3.05) is 0 Å². The van der Waals surface area contributed by atoms with Crippen LogP contribution in [0.2, 0.25) is 0 Å². The molecule has 2 rings (SSSR count). The van der Waals surface area contributed by atoms with Crippen molar-refractivity contribution in [3.63, 3.8) is 0 Å². The van der Waals surface area contributed by atoms with Crippen LogP contribution in [0.1, 0.15) is 40.9 Å². The van der Waals surface area contributed by atoms with E-state index in [-0.39, 0.29) is 0 Å². The number of carbonyl (C=O) groups excluding carboxylic acids is 1. The Hall–Kier alpha value is -1.05. The van der Waals surface area contributed by atoms with Gasteiger partial charge < -0.3 is 4.98 Å². The number of hydrogen-bond acceptors (Lipinski definition) is 1. The Morgan fingerprint density at radius 3 is 2.54 bits per heavy atom. The van der Waals surface area contributed by atoms with Crippen molar-refractivity contribution in [3.8, 4) is 0 Å². The highest BCUT2D eigenvalue weighted by Crippen LogP contribution is 2.30. The number of H-pyrrole nitrogens is 1. The van der Waals surface area contributed by atoms with Gasteiger partial charge in [-0.3, -0.25) is 4.79 Å². The lowest BCUT2D eigenvalue weighted by molar-refractivity contribution is 0.0850. The number of aryl methyl sites for hydroxylation is 1. The first-order chi connectivity index (χ1) is 6.20. The summed E-state index contributed by atoms with van der Waals surface area (Å²) >= 11 is 0. The van der Waals surface area contributed by atoms with Gasteiger partial charge in [0.15, 0.2) is 5.78 Å². The molecule has 2 heteroatoms. The van der Waals surface area contributed by atoms with E-state index in [1.165, 1.54) is 12.0 Å². The Kier molecular flexibility index (Phi) is 1.98. The van der Waals surface area contributed by atoms with Crippen molar-refractivity contribution in [1.29, 1.82) is 0 Å². The molecule has 13 heavy (non-hydrogen) atoms. The van der Waals surface area contributed by atoms with E-state index in [9.17, 15) is 4.79 Å². The minimum Gasteiger partial charge on any atom is -0.358 e. The highest BCUT2D eigenvalue weighted by atomic mass is 16.1. The summed E-state index contributed by atoms with van der Waals surface area (Å²) in [5.41, 5.74) is 3.14. The van der Waals surface area contributed by atoms with Crippen LogP contribution in [0, 0.1) is 19.8 Å². The summed E-state index contributed by atoms with van der Waals surface area (Å²) < 4.78 is 0. The molecule has 0 bridgehead atoms. The van der Waals surface area contributed by atoms with Crippen molar-refractivity contribution in [1.82, 2.24) is 4.98 Å². The average Bonchev–Trinajstić information content (AvgIpc) is 2.29. The van der Waals surface area contributed by atoms with Crippen molar-refractivity contribution < 1.29 is 4.79 Å². The van der Waals surface area contributed by atoms with Crippen molar-refractivity contribution in [3.05, 3.63) is 23.0 Å². The SMILES string of the molecule is Cc1c[nH]c(C(=O)C2CCC2)c1C. The van der Waals surface area contributed by atoms with Crippen LogP contribution in [-0.4, -0.2) is 10.8 Å². The number of carbonyl (C=O) groups is 1. The van der Waals surface area contributed by atoms with Gasteiger partial charge in [0.05, 0.1) is 5.69 Å². The average molecular weight is 177 g/mol. The van der Waals surface area contributed by atoms with Gasteiger partial charge in [-0.2, -0.15) is 0 Å². The van der Waals surface area contributed by atoms with Gasteiger partial charge in [-0.05, 0) is 37.8 Å². The standard InChI is InChI=1S/C11H15NO/c1-7-6-12-10(8(7)2)11(13)9-4-3-5-9/h6,9,12H,3-5H2,1-2H3. The van der Waals surface area contributed by atoms with E-state index in [0.717, 1.165) is 24.1 Å². The molecule has 1 aromatic rings. The van der Waals surface area contributed by atoms with Crippen molar-refractivity contribution >= 4 is 5.78 Å². The number of aromatic nitrogens is 1. The first-order valence-electron chi connectivity index (χ1n) is 4.89. The Morgan fingerprint density at radius 1 is 1.46 bits per heavy atom. The second kappa shape index (κ2) is 3.02. The van der Waals surface area contributed by atoms with Gasteiger partial charge in [0.25, 0.3) is 0 Å². The van der Waals surface area contributed by atoms with Gasteiger partial charge in [-0.15, -0.1) is 0 Å². The lowest BCUT2D eigenvalue weighted by Crippen LogP contribution is -2.22. The van der Waals surface area contributed by atoms with Crippen molar-refractivity contribution in [2.45, 2.75) is 33.1 Å². The quantitative estimate of drug-likeness (QED) is 0.692. The molecule has 1 heterocycles. The van der Waals surface area contributed by atoms with Gasteiger partial charge in [-0.1, -0.05) is 6.42 Å². The summed E-state index contributed by atoms with van der Waals surface area (Å²) in [6.45, 7) is 4.04. The van der Waals surface area contributed by atoms with Crippen LogP contribution in [0.4, 0.5) is 0 Å². The lowest BCUT2D eigenvalue weighted by atomic mass is 9.80. The number of hydrogen-bond donors (Lipinski definition) is 1. The van der Waals surface area contributed by atoms with Crippen LogP contribution in [-0.2, 0) is 0 Å². The largest absolute Gasteiger partial charge is 0.358 e. The minimum atomic E-state index is 0.303. The molecule has 1 fully saturated rings. The van der Waals surface area contributed by atoms with E-state index >= 15 is 0 Å². The molecule has 1 aliphatic carbocycles. The molecule has 0 unspecified atom stereocenters. The van der Waals surface area contributed by atoms with Crippen molar-refractivity contribution in [2.24, 2.45) is 5.92 Å². The van der Waals surface area contributed by atoms with Crippen LogP contribution < -0.4 is 0 Å². The monoisotopic (exact) mass is 177 g/mol. The zero-order valence-corrected chi connectivity index (χ0v) is 8.18. The molecule has 2 nitrogen and oxygen atoms in total. The van der Waals surface area contributed by atoms with E-state index in [0.29, 0.717) is 11.7 Å². The molecule has 1 aromatic heterocycles. The van der Waals surface area contributed by atoms with Gasteiger partial charge in [0.2, 0.25) is 0 Å². The molecule has 1 aliphatic rings. The maximum atomic E-state index is 11.8. The molecule has 0 radical (unpaired) electrons. The summed E-state index contributed by atoms with van der Waals surface area (Å²) in [5, 5.41) is 0. The Morgan fingerprint density at radius 2 is 2.15 bits per heavy atom. The third kappa shape index (κ3) is 1.30. The van der Waals surface area contributed by atoms with Crippen LogP contribution in [0.15, 0.2) is 6.20 Å². The number of rotatable bonds is 2. The van der Waals surface area contributed by atoms with Gasteiger partial charge in [0.1, 0.15) is 0 Å². The van der Waals surface area contributed by atoms with E-state index < -0.39 is 0 Å². The highest BCUT2D eigenvalue weighted by molar-refractivity contribution is 5.98. The fraction of sp³-hybridized carbons (Fsp3) is 0.545. The van der Waals surface area contributed by atoms with Crippen LogP contribution in [0.5, 0.6) is 0 Å². The predicted octanol–water partition coefficient (Wildman–Crippen LogP) is 2.61. The topological polar surface area (TPSA) is 32.9 Å². The number of Topliss-reactive ketones (excluding diaryl/α,β-unsaturated/α-hetero) is 1. The Bertz CT molecular complexity index is 334. The van der Waals surface area contributed by atoms with E-state index in [1.54, 1.807) is 0 Å². The first kappa shape index (κ1) is 8.54. The third-order valence-corrected chi connectivity index (χ3v) is 3.12. The Balaban J connectivity index is 2.24. The second-order valence-electron chi connectivity index (χ2n) is 3.96. The molecule has 1 N–H and O–H groups in total. The maximum absolute atomic E-state index is 11.8. The summed E-state index contributed by atoms with van der Waals surface area (Å²) in [5.74, 6) is 0.619. The van der Waals surface area contributed by atoms with Gasteiger partial charge >= 0.3 is 0 Å². The molecular formula is C11H15NO. The van der Waals surface area contributed by atoms with Crippen LogP contribution in [0.3, 0.4) is 0 Å². The van der Waals surface area contributed by atoms with E-state index in [1.807, 2.05) is 20.0 Å². The number of aromatic amines is 1. The second-order valence-corrected chi connectivity index (χ2v) is 3.96. The minimum absolute atomic E-state index is 0.303. The van der Waals surface area contributed by atoms with Gasteiger partial charge in [-0.25, -0.2) is 0 Å². The molecule has 0 saturated heterocycles. The zero-order chi connectivity index (χ0) is 9.42. The summed E-state index contributed by atoms with van der Waals surface area (Å²) in [7, 11) is 0. The fourth-order valence-electron chi connectivity index (χ4n) is 1.72. The summed E-state index contributed by atoms with van der Waals surface area (Å²) in [6, 6.07) is 0. The van der Waals surface area contributed by atoms with Gasteiger partial charge in [0, 0.05) is 12.1 Å². The highest BCUT2D eigenvalue weighted by Gasteiger charge is 2.28. The molecular weight excluding hydrogens is 162 g/mol. The summed E-state index contributed by atoms with van der Waals surface area (Å²) in [6.07, 6.45) is 5.29. The van der Waals surface area contributed by atoms with Crippen LogP contribution in [0.25, 0.3) is 0 Å². The zero-order valence-electron chi connectivity index (χ0n) is 8.18. The number of ketones is 1. The predicted molar refractivity (Wildman–Crippen MR) is 51.9 cm³/mol. The lowest BCUT2D eigenvalue weighted by Gasteiger charge is -2.23. The molecule has 0 aliphatic heterocycles. The normalized spacial score (nSPS) is 17.1. The number of nitrogens with one attached hydrogen (secondary N) is 1. The molecule has 0 atom stereocenters. The van der Waals surface area contributed by atoms with E-state index in [4.69, 9.17) is 0 Å². The molecule has 70 valence electrons. The van der Waals surface area contributed by atoms with Crippen LogP contribution >= 0.6 is 0 Å². The Labute approximate surface area is 78.4 Å². The molecule has 0 spiro atoms. The molecule has 1 saturated carbocycles. The summed E-state index contributed by atoms with van der Waals surface area (Å²) in [4.78, 5) is 14.9.